The summed E-state index contributed by atoms with van der Waals surface area (Å²) in [6, 6.07) is -0.754. The average Bonchev–Trinajstić information content (AvgIpc) is 2.87. The largest absolute Gasteiger partial charge is 0.417 e. The lowest BCUT2D eigenvalue weighted by Gasteiger charge is -2.29. The molecule has 2 atom stereocenters. The van der Waals surface area contributed by atoms with Crippen LogP contribution in [0.15, 0.2) is 12.4 Å². The van der Waals surface area contributed by atoms with E-state index in [4.69, 9.17) is 0 Å². The van der Waals surface area contributed by atoms with Crippen molar-refractivity contribution in [1.82, 2.24) is 20.4 Å². The summed E-state index contributed by atoms with van der Waals surface area (Å²) in [5.74, 6) is 0. The number of hydrogen-bond donors (Lipinski definition) is 3. The fraction of sp³-hybridized carbons (Fsp3) is 0.692. The highest BCUT2D eigenvalue weighted by atomic mass is 19.4. The van der Waals surface area contributed by atoms with Crippen molar-refractivity contribution in [1.29, 1.82) is 0 Å². The lowest BCUT2D eigenvalue weighted by molar-refractivity contribution is -0.263. The Morgan fingerprint density at radius 2 is 2.23 bits per heavy atom. The SMILES string of the molecule is CC(NC(=O)N1CCCC(O)(C(F)(F)F)CC1)c1cn[nH]c1. The highest BCUT2D eigenvalue weighted by molar-refractivity contribution is 5.74. The summed E-state index contributed by atoms with van der Waals surface area (Å²) < 4.78 is 38.6. The monoisotopic (exact) mass is 320 g/mol. The molecule has 3 N–H and O–H groups in total. The first-order chi connectivity index (χ1) is 10.2. The van der Waals surface area contributed by atoms with Crippen LogP contribution in [0, 0.1) is 0 Å². The second kappa shape index (κ2) is 6.15. The quantitative estimate of drug-likeness (QED) is 0.779. The molecule has 1 saturated heterocycles. The van der Waals surface area contributed by atoms with Gasteiger partial charge in [-0.05, 0) is 19.8 Å². The molecule has 0 aliphatic carbocycles. The summed E-state index contributed by atoms with van der Waals surface area (Å²) in [5, 5.41) is 18.8. The molecule has 1 fully saturated rings. The maximum Gasteiger partial charge on any atom is 0.417 e. The van der Waals surface area contributed by atoms with Gasteiger partial charge in [0, 0.05) is 31.3 Å². The number of hydrogen-bond acceptors (Lipinski definition) is 3. The zero-order chi connectivity index (χ0) is 16.4. The number of aromatic amines is 1. The molecule has 124 valence electrons. The molecule has 2 rings (SSSR count). The first-order valence-electron chi connectivity index (χ1n) is 7.06. The number of carbonyl (C=O) groups excluding carboxylic acids is 1. The highest BCUT2D eigenvalue weighted by Gasteiger charge is 2.53. The summed E-state index contributed by atoms with van der Waals surface area (Å²) in [7, 11) is 0. The van der Waals surface area contributed by atoms with Crippen molar-refractivity contribution in [3.05, 3.63) is 18.0 Å². The number of carbonyl (C=O) groups is 1. The molecule has 0 saturated carbocycles. The number of halogens is 3. The maximum absolute atomic E-state index is 12.9. The van der Waals surface area contributed by atoms with E-state index in [0.29, 0.717) is 0 Å². The van der Waals surface area contributed by atoms with Gasteiger partial charge in [0.25, 0.3) is 0 Å². The molecule has 0 bridgehead atoms. The Bertz CT molecular complexity index is 506. The molecule has 22 heavy (non-hydrogen) atoms. The fourth-order valence-corrected chi connectivity index (χ4v) is 2.46. The van der Waals surface area contributed by atoms with Gasteiger partial charge in [-0.15, -0.1) is 0 Å². The van der Waals surface area contributed by atoms with Crippen molar-refractivity contribution in [3.8, 4) is 0 Å². The molecule has 6 nitrogen and oxygen atoms in total. The van der Waals surface area contributed by atoms with Gasteiger partial charge in [-0.25, -0.2) is 4.79 Å². The van der Waals surface area contributed by atoms with Crippen molar-refractivity contribution >= 4 is 6.03 Å². The number of H-pyrrole nitrogens is 1. The molecular weight excluding hydrogens is 301 g/mol. The molecule has 0 aromatic carbocycles. The topological polar surface area (TPSA) is 81.2 Å². The zero-order valence-electron chi connectivity index (χ0n) is 12.2. The van der Waals surface area contributed by atoms with Gasteiger partial charge in [0.1, 0.15) is 0 Å². The summed E-state index contributed by atoms with van der Waals surface area (Å²) in [5.41, 5.74) is -1.94. The van der Waals surface area contributed by atoms with Gasteiger partial charge in [-0.3, -0.25) is 5.10 Å². The maximum atomic E-state index is 12.9. The van der Waals surface area contributed by atoms with E-state index >= 15 is 0 Å². The molecule has 1 aromatic rings. The molecule has 0 radical (unpaired) electrons. The normalized spacial score (nSPS) is 24.7. The first-order valence-corrected chi connectivity index (χ1v) is 7.06. The summed E-state index contributed by atoms with van der Waals surface area (Å²) in [6.07, 6.45) is -2.28. The van der Waals surface area contributed by atoms with Crippen LogP contribution in [0.3, 0.4) is 0 Å². The van der Waals surface area contributed by atoms with Gasteiger partial charge in [0.15, 0.2) is 5.60 Å². The number of urea groups is 1. The molecule has 1 aromatic heterocycles. The van der Waals surface area contributed by atoms with Crippen LogP contribution in [0.4, 0.5) is 18.0 Å². The molecule has 9 heteroatoms. The van der Waals surface area contributed by atoms with Crippen molar-refractivity contribution in [2.75, 3.05) is 13.1 Å². The average molecular weight is 320 g/mol. The predicted octanol–water partition coefficient (Wildman–Crippen LogP) is 1.96. The van der Waals surface area contributed by atoms with Crippen molar-refractivity contribution in [3.63, 3.8) is 0 Å². The Morgan fingerprint density at radius 3 is 2.82 bits per heavy atom. The molecule has 2 heterocycles. The number of rotatable bonds is 2. The number of nitrogens with one attached hydrogen (secondary N) is 2. The van der Waals surface area contributed by atoms with Gasteiger partial charge in [0.2, 0.25) is 0 Å². The molecule has 1 aliphatic rings. The van der Waals surface area contributed by atoms with Crippen LogP contribution in [-0.2, 0) is 0 Å². The van der Waals surface area contributed by atoms with E-state index in [0.717, 1.165) is 5.56 Å². The minimum Gasteiger partial charge on any atom is -0.380 e. The Labute approximate surface area is 125 Å². The van der Waals surface area contributed by atoms with Crippen molar-refractivity contribution < 1.29 is 23.1 Å². The summed E-state index contributed by atoms with van der Waals surface area (Å²) in [4.78, 5) is 13.4. The highest BCUT2D eigenvalue weighted by Crippen LogP contribution is 2.38. The van der Waals surface area contributed by atoms with E-state index in [1.807, 2.05) is 0 Å². The second-order valence-corrected chi connectivity index (χ2v) is 5.57. The lowest BCUT2D eigenvalue weighted by atomic mass is 9.94. The van der Waals surface area contributed by atoms with Crippen LogP contribution in [-0.4, -0.2) is 51.1 Å². The van der Waals surface area contributed by atoms with Crippen LogP contribution < -0.4 is 5.32 Å². The number of aromatic nitrogens is 2. The number of nitrogens with zero attached hydrogens (tertiary/aromatic N) is 2. The van der Waals surface area contributed by atoms with E-state index in [1.165, 1.54) is 4.90 Å². The van der Waals surface area contributed by atoms with Crippen LogP contribution in [0.1, 0.15) is 37.8 Å². The van der Waals surface area contributed by atoms with E-state index < -0.39 is 30.7 Å². The molecule has 0 spiro atoms. The van der Waals surface area contributed by atoms with E-state index in [2.05, 4.69) is 15.5 Å². The molecule has 2 amide bonds. The third-order valence-electron chi connectivity index (χ3n) is 3.99. The molecule has 1 aliphatic heterocycles. The van der Waals surface area contributed by atoms with Crippen molar-refractivity contribution in [2.24, 2.45) is 0 Å². The third kappa shape index (κ3) is 3.52. The van der Waals surface area contributed by atoms with E-state index in [-0.39, 0.29) is 25.6 Å². The van der Waals surface area contributed by atoms with Crippen LogP contribution in [0.5, 0.6) is 0 Å². The molecular formula is C13H19F3N4O2. The summed E-state index contributed by atoms with van der Waals surface area (Å²) >= 11 is 0. The number of alkyl halides is 3. The second-order valence-electron chi connectivity index (χ2n) is 5.57. The van der Waals surface area contributed by atoms with Gasteiger partial charge < -0.3 is 15.3 Å². The Kier molecular flexibility index (Phi) is 4.64. The minimum atomic E-state index is -4.68. The van der Waals surface area contributed by atoms with Crippen LogP contribution in [0.25, 0.3) is 0 Å². The standard InChI is InChI=1S/C13H19F3N4O2/c1-9(10-7-17-18-8-10)19-11(21)20-5-2-3-12(22,4-6-20)13(14,15)16/h7-9,22H,2-6H2,1H3,(H,17,18)(H,19,21). The molecule has 2 unspecified atom stereocenters. The van der Waals surface area contributed by atoms with Gasteiger partial charge >= 0.3 is 12.2 Å². The van der Waals surface area contributed by atoms with Gasteiger partial charge in [0.05, 0.1) is 12.2 Å². The number of amides is 2. The number of aliphatic hydroxyl groups is 1. The van der Waals surface area contributed by atoms with E-state index in [9.17, 15) is 23.1 Å². The Hall–Kier alpha value is -1.77. The third-order valence-corrected chi connectivity index (χ3v) is 3.99. The smallest absolute Gasteiger partial charge is 0.380 e. The van der Waals surface area contributed by atoms with Gasteiger partial charge in [-0.2, -0.15) is 18.3 Å². The predicted molar refractivity (Wildman–Crippen MR) is 72.0 cm³/mol. The van der Waals surface area contributed by atoms with Crippen LogP contribution >= 0.6 is 0 Å². The van der Waals surface area contributed by atoms with Crippen LogP contribution in [0.2, 0.25) is 0 Å². The van der Waals surface area contributed by atoms with Crippen molar-refractivity contribution in [2.45, 2.75) is 44.0 Å². The Balaban J connectivity index is 1.95. The van der Waals surface area contributed by atoms with E-state index in [1.54, 1.807) is 19.3 Å². The fourth-order valence-electron chi connectivity index (χ4n) is 2.46. The zero-order valence-corrected chi connectivity index (χ0v) is 12.2. The minimum absolute atomic E-state index is 0.101. The lowest BCUT2D eigenvalue weighted by Crippen LogP contribution is -2.47. The number of likely N-dealkylation sites (tertiary alicyclic amines) is 1. The van der Waals surface area contributed by atoms with Gasteiger partial charge in [-0.1, -0.05) is 0 Å². The Morgan fingerprint density at radius 1 is 1.50 bits per heavy atom. The first kappa shape index (κ1) is 16.6. The summed E-state index contributed by atoms with van der Waals surface area (Å²) in [6.45, 7) is 1.80.